The number of fused-ring (bicyclic) bond motifs is 3. The highest BCUT2D eigenvalue weighted by Crippen LogP contribution is 2.37. The largest absolute Gasteiger partial charge is 0.351 e. The van der Waals surface area contributed by atoms with Gasteiger partial charge in [-0.25, -0.2) is 4.39 Å². The quantitative estimate of drug-likeness (QED) is 0.341. The molecule has 6 rings (SSSR count). The first-order valence-electron chi connectivity index (χ1n) is 14.4. The van der Waals surface area contributed by atoms with Crippen molar-refractivity contribution in [2.24, 2.45) is 0 Å². The van der Waals surface area contributed by atoms with Crippen LogP contribution < -0.4 is 10.2 Å². The van der Waals surface area contributed by atoms with E-state index in [4.69, 9.17) is 0 Å². The van der Waals surface area contributed by atoms with E-state index in [1.807, 2.05) is 24.3 Å². The molecule has 1 aromatic heterocycles. The van der Waals surface area contributed by atoms with Crippen LogP contribution in [0.2, 0.25) is 0 Å². The fourth-order valence-electron chi connectivity index (χ4n) is 5.75. The Bertz CT molecular complexity index is 1570. The van der Waals surface area contributed by atoms with E-state index in [1.54, 1.807) is 35.4 Å². The molecule has 0 saturated carbocycles. The molecule has 4 aromatic rings. The van der Waals surface area contributed by atoms with Crippen LogP contribution in [0.25, 0.3) is 11.3 Å². The number of nitrogens with zero attached hydrogens (tertiary/aromatic N) is 4. The van der Waals surface area contributed by atoms with Crippen LogP contribution in [0.3, 0.4) is 0 Å². The number of pyridine rings is 1. The zero-order valence-corrected chi connectivity index (χ0v) is 23.5. The average molecular weight is 564 g/mol. The molecule has 2 amide bonds. The number of rotatable bonds is 8. The molecular formula is C34H34FN5O2. The Morgan fingerprint density at radius 1 is 0.833 bits per heavy atom. The van der Waals surface area contributed by atoms with Gasteiger partial charge in [0, 0.05) is 63.1 Å². The molecule has 214 valence electrons. The normalized spacial score (nSPS) is 15.5. The molecule has 0 radical (unpaired) electrons. The SMILES string of the molecule is O=C(NCCN1CCN(Cc2ccccc2)CC1)c1ccc2c(c1)N(Cc1cccc(F)c1)C(=O)Cc1cccnc1-2. The summed E-state index contributed by atoms with van der Waals surface area (Å²) in [7, 11) is 0. The van der Waals surface area contributed by atoms with Crippen molar-refractivity contribution >= 4 is 17.5 Å². The topological polar surface area (TPSA) is 68.8 Å². The van der Waals surface area contributed by atoms with Gasteiger partial charge in [0.2, 0.25) is 5.91 Å². The molecule has 8 heteroatoms. The van der Waals surface area contributed by atoms with Crippen molar-refractivity contribution in [3.8, 4) is 11.3 Å². The first-order valence-corrected chi connectivity index (χ1v) is 14.4. The van der Waals surface area contributed by atoms with E-state index in [-0.39, 0.29) is 30.6 Å². The number of hydrogen-bond donors (Lipinski definition) is 1. The van der Waals surface area contributed by atoms with Gasteiger partial charge >= 0.3 is 0 Å². The Morgan fingerprint density at radius 2 is 1.62 bits per heavy atom. The predicted molar refractivity (Wildman–Crippen MR) is 161 cm³/mol. The van der Waals surface area contributed by atoms with Crippen molar-refractivity contribution in [1.29, 1.82) is 0 Å². The zero-order valence-electron chi connectivity index (χ0n) is 23.5. The van der Waals surface area contributed by atoms with Gasteiger partial charge in [0.1, 0.15) is 5.82 Å². The van der Waals surface area contributed by atoms with Crippen molar-refractivity contribution in [3.63, 3.8) is 0 Å². The lowest BCUT2D eigenvalue weighted by Crippen LogP contribution is -2.48. The number of carbonyl (C=O) groups is 2. The molecule has 7 nitrogen and oxygen atoms in total. The maximum atomic E-state index is 14.0. The van der Waals surface area contributed by atoms with E-state index in [0.717, 1.165) is 56.1 Å². The Hall–Kier alpha value is -4.40. The maximum absolute atomic E-state index is 14.0. The summed E-state index contributed by atoms with van der Waals surface area (Å²) in [5, 5.41) is 3.06. The van der Waals surface area contributed by atoms with Crippen LogP contribution in [-0.4, -0.2) is 65.9 Å². The molecule has 0 atom stereocenters. The number of halogens is 1. The minimum Gasteiger partial charge on any atom is -0.351 e. The van der Waals surface area contributed by atoms with E-state index >= 15 is 0 Å². The minimum atomic E-state index is -0.356. The monoisotopic (exact) mass is 563 g/mol. The number of amides is 2. The maximum Gasteiger partial charge on any atom is 0.251 e. The van der Waals surface area contributed by atoms with Gasteiger partial charge in [0.05, 0.1) is 24.3 Å². The van der Waals surface area contributed by atoms with E-state index < -0.39 is 0 Å². The van der Waals surface area contributed by atoms with Gasteiger partial charge in [0.25, 0.3) is 5.91 Å². The molecule has 3 aromatic carbocycles. The summed E-state index contributed by atoms with van der Waals surface area (Å²) in [4.78, 5) is 37.8. The van der Waals surface area contributed by atoms with Crippen LogP contribution in [0, 0.1) is 5.82 Å². The Labute approximate surface area is 245 Å². The van der Waals surface area contributed by atoms with Crippen molar-refractivity contribution in [2.45, 2.75) is 19.5 Å². The van der Waals surface area contributed by atoms with Gasteiger partial charge in [-0.2, -0.15) is 0 Å². The van der Waals surface area contributed by atoms with Gasteiger partial charge < -0.3 is 10.2 Å². The standard InChI is InChI=1S/C34H34FN5O2/c35-29-10-4-8-26(20-29)24-40-31-21-28(11-12-30(31)33-27(22-32(40)41)9-5-13-36-33)34(42)37-14-15-38-16-18-39(19-17-38)23-25-6-2-1-3-7-25/h1-13,20-21H,14-19,22-24H2,(H,37,42). The molecule has 0 spiro atoms. The molecule has 2 aliphatic heterocycles. The van der Waals surface area contributed by atoms with Gasteiger partial charge in [-0.05, 0) is 53.1 Å². The van der Waals surface area contributed by atoms with Crippen LogP contribution in [-0.2, 0) is 24.3 Å². The summed E-state index contributed by atoms with van der Waals surface area (Å²) in [5.41, 5.74) is 5.40. The number of hydrogen-bond acceptors (Lipinski definition) is 5. The minimum absolute atomic E-state index is 0.128. The molecule has 1 saturated heterocycles. The summed E-state index contributed by atoms with van der Waals surface area (Å²) < 4.78 is 14.0. The summed E-state index contributed by atoms with van der Waals surface area (Å²) in [6, 6.07) is 25.9. The molecule has 1 N–H and O–H groups in total. The molecular weight excluding hydrogens is 529 g/mol. The summed E-state index contributed by atoms with van der Waals surface area (Å²) >= 11 is 0. The van der Waals surface area contributed by atoms with Gasteiger partial charge in [-0.3, -0.25) is 24.4 Å². The van der Waals surface area contributed by atoms with Gasteiger partial charge in [-0.15, -0.1) is 0 Å². The van der Waals surface area contributed by atoms with E-state index in [2.05, 4.69) is 44.4 Å². The van der Waals surface area contributed by atoms with Crippen molar-refractivity contribution in [1.82, 2.24) is 20.1 Å². The first kappa shape index (κ1) is 27.8. The van der Waals surface area contributed by atoms with Crippen molar-refractivity contribution in [2.75, 3.05) is 44.2 Å². The van der Waals surface area contributed by atoms with E-state index in [1.165, 1.54) is 17.7 Å². The molecule has 0 unspecified atom stereocenters. The molecule has 0 bridgehead atoms. The van der Waals surface area contributed by atoms with Crippen LogP contribution >= 0.6 is 0 Å². The first-order chi connectivity index (χ1) is 20.5. The lowest BCUT2D eigenvalue weighted by molar-refractivity contribution is -0.118. The van der Waals surface area contributed by atoms with Crippen LogP contribution in [0.15, 0.2) is 91.1 Å². The highest BCUT2D eigenvalue weighted by molar-refractivity contribution is 6.04. The summed E-state index contributed by atoms with van der Waals surface area (Å²) in [5.74, 6) is -0.675. The van der Waals surface area contributed by atoms with Gasteiger partial charge in [-0.1, -0.05) is 48.5 Å². The van der Waals surface area contributed by atoms with Crippen molar-refractivity contribution < 1.29 is 14.0 Å². The lowest BCUT2D eigenvalue weighted by atomic mass is 10.0. The fraction of sp³-hybridized carbons (Fsp3) is 0.265. The summed E-state index contributed by atoms with van der Waals surface area (Å²) in [6.45, 7) is 6.39. The Kier molecular flexibility index (Phi) is 8.35. The second-order valence-corrected chi connectivity index (χ2v) is 10.9. The molecule has 2 aliphatic rings. The number of carbonyl (C=O) groups excluding carboxylic acids is 2. The highest BCUT2D eigenvalue weighted by Gasteiger charge is 2.28. The second-order valence-electron chi connectivity index (χ2n) is 10.9. The van der Waals surface area contributed by atoms with Crippen LogP contribution in [0.1, 0.15) is 27.0 Å². The molecule has 1 fully saturated rings. The third kappa shape index (κ3) is 6.40. The van der Waals surface area contributed by atoms with Crippen LogP contribution in [0.4, 0.5) is 10.1 Å². The average Bonchev–Trinajstić information content (AvgIpc) is 3.12. The van der Waals surface area contributed by atoms with Gasteiger partial charge in [0.15, 0.2) is 0 Å². The van der Waals surface area contributed by atoms with E-state index in [9.17, 15) is 14.0 Å². The molecule has 3 heterocycles. The highest BCUT2D eigenvalue weighted by atomic mass is 19.1. The summed E-state index contributed by atoms with van der Waals surface area (Å²) in [6.07, 6.45) is 1.88. The Balaban J connectivity index is 1.13. The lowest BCUT2D eigenvalue weighted by Gasteiger charge is -2.34. The number of piperazine rings is 1. The fourth-order valence-corrected chi connectivity index (χ4v) is 5.75. The van der Waals surface area contributed by atoms with Crippen LogP contribution in [0.5, 0.6) is 0 Å². The zero-order chi connectivity index (χ0) is 28.9. The number of nitrogens with one attached hydrogen (secondary N) is 1. The van der Waals surface area contributed by atoms with Crippen molar-refractivity contribution in [3.05, 3.63) is 119 Å². The number of benzene rings is 3. The number of anilines is 1. The third-order valence-electron chi connectivity index (χ3n) is 8.00. The molecule has 0 aliphatic carbocycles. The van der Waals surface area contributed by atoms with E-state index in [0.29, 0.717) is 23.4 Å². The third-order valence-corrected chi connectivity index (χ3v) is 8.00. The Morgan fingerprint density at radius 3 is 2.43 bits per heavy atom. The predicted octanol–water partition coefficient (Wildman–Crippen LogP) is 4.52. The molecule has 42 heavy (non-hydrogen) atoms. The second kappa shape index (κ2) is 12.6. The number of aromatic nitrogens is 1. The smallest absolute Gasteiger partial charge is 0.251 e.